The Hall–Kier alpha value is -3.54. The predicted octanol–water partition coefficient (Wildman–Crippen LogP) is 3.79. The molecule has 0 unspecified atom stereocenters. The number of hydrogen-bond acceptors (Lipinski definition) is 5. The number of carbonyl (C=O) groups is 1. The fourth-order valence-corrected chi connectivity index (χ4v) is 2.66. The largest absolute Gasteiger partial charge is 0.496 e. The molecule has 6 heteroatoms. The van der Waals surface area contributed by atoms with Crippen LogP contribution in [0.25, 0.3) is 11.8 Å². The number of carbonyl (C=O) groups excluding carboxylic acids is 1. The van der Waals surface area contributed by atoms with Crippen molar-refractivity contribution in [2.75, 3.05) is 21.3 Å². The first-order chi connectivity index (χ1) is 13.2. The SMILES string of the molecule is COc1cc(OC)c(/C=C/C(=O)c2ccc(-n3ccnc3)cc2)c(OC)c1. The van der Waals surface area contributed by atoms with Gasteiger partial charge in [0.15, 0.2) is 5.78 Å². The Balaban J connectivity index is 1.84. The van der Waals surface area contributed by atoms with E-state index in [-0.39, 0.29) is 5.78 Å². The van der Waals surface area contributed by atoms with Crippen LogP contribution in [0, 0.1) is 0 Å². The highest BCUT2D eigenvalue weighted by Gasteiger charge is 2.11. The lowest BCUT2D eigenvalue weighted by molar-refractivity contribution is 0.104. The lowest BCUT2D eigenvalue weighted by Gasteiger charge is -2.12. The molecule has 2 aromatic carbocycles. The van der Waals surface area contributed by atoms with Crippen molar-refractivity contribution in [3.63, 3.8) is 0 Å². The van der Waals surface area contributed by atoms with Crippen molar-refractivity contribution in [2.45, 2.75) is 0 Å². The van der Waals surface area contributed by atoms with E-state index in [0.29, 0.717) is 28.4 Å². The van der Waals surface area contributed by atoms with Crippen molar-refractivity contribution in [1.29, 1.82) is 0 Å². The van der Waals surface area contributed by atoms with Crippen molar-refractivity contribution in [2.24, 2.45) is 0 Å². The number of hydrogen-bond donors (Lipinski definition) is 0. The van der Waals surface area contributed by atoms with E-state index in [1.807, 2.05) is 22.9 Å². The minimum atomic E-state index is -0.118. The average molecular weight is 364 g/mol. The standard InChI is InChI=1S/C21H20N2O4/c1-25-17-12-20(26-2)18(21(13-17)27-3)8-9-19(24)15-4-6-16(7-5-15)23-11-10-22-14-23/h4-14H,1-3H3/b9-8+. The molecule has 0 amide bonds. The molecule has 0 radical (unpaired) electrons. The van der Waals surface area contributed by atoms with Gasteiger partial charge in [-0.05, 0) is 36.4 Å². The van der Waals surface area contributed by atoms with Crippen LogP contribution in [0.5, 0.6) is 17.2 Å². The minimum absolute atomic E-state index is 0.118. The molecule has 1 heterocycles. The molecule has 3 aromatic rings. The molecule has 0 N–H and O–H groups in total. The van der Waals surface area contributed by atoms with E-state index in [0.717, 1.165) is 5.69 Å². The highest BCUT2D eigenvalue weighted by molar-refractivity contribution is 6.07. The first-order valence-electron chi connectivity index (χ1n) is 8.27. The predicted molar refractivity (Wildman–Crippen MR) is 103 cm³/mol. The van der Waals surface area contributed by atoms with Gasteiger partial charge in [0.2, 0.25) is 0 Å². The van der Waals surface area contributed by atoms with Crippen LogP contribution in [-0.4, -0.2) is 36.7 Å². The summed E-state index contributed by atoms with van der Waals surface area (Å²) in [7, 11) is 4.69. The number of allylic oxidation sites excluding steroid dienone is 1. The van der Waals surface area contributed by atoms with Crippen LogP contribution in [0.2, 0.25) is 0 Å². The summed E-state index contributed by atoms with van der Waals surface area (Å²) in [5, 5.41) is 0. The monoisotopic (exact) mass is 364 g/mol. The zero-order chi connectivity index (χ0) is 19.2. The number of aromatic nitrogens is 2. The number of ketones is 1. The number of methoxy groups -OCH3 is 3. The second-order valence-corrected chi connectivity index (χ2v) is 5.66. The third-order valence-electron chi connectivity index (χ3n) is 4.11. The Kier molecular flexibility index (Phi) is 5.56. The quantitative estimate of drug-likeness (QED) is 0.471. The molecule has 0 aliphatic rings. The van der Waals surface area contributed by atoms with Crippen molar-refractivity contribution in [3.05, 3.63) is 72.3 Å². The van der Waals surface area contributed by atoms with Gasteiger partial charge in [-0.2, -0.15) is 0 Å². The van der Waals surface area contributed by atoms with Crippen molar-refractivity contribution in [1.82, 2.24) is 9.55 Å². The van der Waals surface area contributed by atoms with Gasteiger partial charge in [-0.15, -0.1) is 0 Å². The Bertz CT molecular complexity index is 920. The molecule has 6 nitrogen and oxygen atoms in total. The summed E-state index contributed by atoms with van der Waals surface area (Å²) in [6, 6.07) is 10.8. The van der Waals surface area contributed by atoms with Crippen molar-refractivity contribution >= 4 is 11.9 Å². The third kappa shape index (κ3) is 4.00. The maximum Gasteiger partial charge on any atom is 0.185 e. The molecule has 0 aliphatic carbocycles. The van der Waals surface area contributed by atoms with Gasteiger partial charge in [0.05, 0.1) is 33.2 Å². The average Bonchev–Trinajstić information content (AvgIpc) is 3.26. The van der Waals surface area contributed by atoms with Gasteiger partial charge in [0, 0.05) is 35.8 Å². The minimum Gasteiger partial charge on any atom is -0.496 e. The van der Waals surface area contributed by atoms with E-state index >= 15 is 0 Å². The van der Waals surface area contributed by atoms with Crippen molar-refractivity contribution in [3.8, 4) is 22.9 Å². The Morgan fingerprint density at radius 2 is 1.67 bits per heavy atom. The van der Waals surface area contributed by atoms with E-state index in [1.54, 1.807) is 64.2 Å². The van der Waals surface area contributed by atoms with Gasteiger partial charge in [-0.25, -0.2) is 4.98 Å². The summed E-state index contributed by atoms with van der Waals surface area (Å²) in [6.45, 7) is 0. The molecule has 0 saturated carbocycles. The molecule has 138 valence electrons. The molecule has 0 fully saturated rings. The van der Waals surface area contributed by atoms with Gasteiger partial charge < -0.3 is 18.8 Å². The molecule has 0 aliphatic heterocycles. The van der Waals surface area contributed by atoms with Gasteiger partial charge in [0.25, 0.3) is 0 Å². The second-order valence-electron chi connectivity index (χ2n) is 5.66. The number of imidazole rings is 1. The second kappa shape index (κ2) is 8.23. The first kappa shape index (κ1) is 18.3. The summed E-state index contributed by atoms with van der Waals surface area (Å²) >= 11 is 0. The summed E-state index contributed by atoms with van der Waals surface area (Å²) in [6.07, 6.45) is 8.44. The fraction of sp³-hybridized carbons (Fsp3) is 0.143. The summed E-state index contributed by atoms with van der Waals surface area (Å²) in [5.41, 5.74) is 2.19. The highest BCUT2D eigenvalue weighted by Crippen LogP contribution is 2.35. The van der Waals surface area contributed by atoms with E-state index in [2.05, 4.69) is 4.98 Å². The zero-order valence-electron chi connectivity index (χ0n) is 15.4. The number of ether oxygens (including phenoxy) is 3. The van der Waals surface area contributed by atoms with Crippen LogP contribution < -0.4 is 14.2 Å². The van der Waals surface area contributed by atoms with Gasteiger partial charge in [0.1, 0.15) is 17.2 Å². The zero-order valence-corrected chi connectivity index (χ0v) is 15.4. The maximum absolute atomic E-state index is 12.5. The van der Waals surface area contributed by atoms with Crippen molar-refractivity contribution < 1.29 is 19.0 Å². The smallest absolute Gasteiger partial charge is 0.185 e. The third-order valence-corrected chi connectivity index (χ3v) is 4.11. The molecular formula is C21H20N2O4. The molecule has 0 atom stereocenters. The number of nitrogens with zero attached hydrogens (tertiary/aromatic N) is 2. The van der Waals surface area contributed by atoms with E-state index < -0.39 is 0 Å². The van der Waals surface area contributed by atoms with E-state index in [1.165, 1.54) is 6.08 Å². The first-order valence-corrected chi connectivity index (χ1v) is 8.27. The van der Waals surface area contributed by atoms with Gasteiger partial charge >= 0.3 is 0 Å². The lowest BCUT2D eigenvalue weighted by Crippen LogP contribution is -1.98. The van der Waals surface area contributed by atoms with Crippen LogP contribution in [-0.2, 0) is 0 Å². The number of benzene rings is 2. The normalized spacial score (nSPS) is 10.8. The lowest BCUT2D eigenvalue weighted by atomic mass is 10.1. The van der Waals surface area contributed by atoms with Crippen LogP contribution in [0.1, 0.15) is 15.9 Å². The van der Waals surface area contributed by atoms with Crippen LogP contribution in [0.4, 0.5) is 0 Å². The Labute approximate surface area is 157 Å². The van der Waals surface area contributed by atoms with Crippen LogP contribution in [0.15, 0.2) is 61.2 Å². The summed E-state index contributed by atoms with van der Waals surface area (Å²) < 4.78 is 17.9. The highest BCUT2D eigenvalue weighted by atomic mass is 16.5. The molecule has 27 heavy (non-hydrogen) atoms. The molecular weight excluding hydrogens is 344 g/mol. The Morgan fingerprint density at radius 3 is 2.19 bits per heavy atom. The number of rotatable bonds is 7. The molecule has 1 aromatic heterocycles. The molecule has 3 rings (SSSR count). The van der Waals surface area contributed by atoms with Crippen LogP contribution in [0.3, 0.4) is 0 Å². The molecule has 0 saturated heterocycles. The summed E-state index contributed by atoms with van der Waals surface area (Å²) in [5.74, 6) is 1.62. The maximum atomic E-state index is 12.5. The molecule has 0 spiro atoms. The van der Waals surface area contributed by atoms with Crippen LogP contribution >= 0.6 is 0 Å². The van der Waals surface area contributed by atoms with Gasteiger partial charge in [-0.3, -0.25) is 4.79 Å². The summed E-state index contributed by atoms with van der Waals surface area (Å²) in [4.78, 5) is 16.5. The molecule has 0 bridgehead atoms. The van der Waals surface area contributed by atoms with Gasteiger partial charge in [-0.1, -0.05) is 0 Å². The van der Waals surface area contributed by atoms with E-state index in [9.17, 15) is 4.79 Å². The van der Waals surface area contributed by atoms with E-state index in [4.69, 9.17) is 14.2 Å². The fourth-order valence-electron chi connectivity index (χ4n) is 2.66. The Morgan fingerprint density at radius 1 is 1.00 bits per heavy atom. The topological polar surface area (TPSA) is 62.6 Å².